The minimum Gasteiger partial charge on any atom is -0.432 e. The fourth-order valence-electron chi connectivity index (χ4n) is 13.6. The Bertz CT molecular complexity index is 1540. The monoisotopic (exact) mass is 814 g/mol. The van der Waals surface area contributed by atoms with Crippen LogP contribution < -0.4 is 0 Å². The number of aliphatic hydroxyl groups is 11. The van der Waals surface area contributed by atoms with Crippen molar-refractivity contribution < 1.29 is 79.9 Å². The number of ether oxygens (including phenoxy) is 4. The molecule has 4 saturated carbocycles. The zero-order valence-electron chi connectivity index (χ0n) is 33.7. The summed E-state index contributed by atoms with van der Waals surface area (Å²) in [6.07, 6.45) is -11.3. The maximum absolute atomic E-state index is 15.0. The molecule has 2 aliphatic heterocycles. The lowest BCUT2D eigenvalue weighted by Gasteiger charge is -2.72. The molecule has 20 unspecified atom stereocenters. The summed E-state index contributed by atoms with van der Waals surface area (Å²) in [5, 5.41) is 119. The molecule has 0 aromatic rings. The molecule has 7 rings (SSSR count). The first-order valence-electron chi connectivity index (χ1n) is 20.8. The first kappa shape index (κ1) is 43.7. The Morgan fingerprint density at radius 2 is 1.51 bits per heavy atom. The summed E-state index contributed by atoms with van der Waals surface area (Å²) < 4.78 is 23.3. The van der Waals surface area contributed by atoms with Crippen molar-refractivity contribution in [2.75, 3.05) is 26.4 Å². The highest BCUT2D eigenvalue weighted by Gasteiger charge is 2.73. The van der Waals surface area contributed by atoms with E-state index in [0.717, 1.165) is 5.57 Å². The van der Waals surface area contributed by atoms with Crippen LogP contribution in [0.15, 0.2) is 11.6 Å². The fraction of sp³-hybridized carbons (Fsp3) is 0.927. The number of rotatable bonds is 7. The Morgan fingerprint density at radius 1 is 0.825 bits per heavy atom. The van der Waals surface area contributed by atoms with Crippen LogP contribution in [0.2, 0.25) is 0 Å². The first-order chi connectivity index (χ1) is 26.6. The smallest absolute Gasteiger partial charge is 0.315 e. The van der Waals surface area contributed by atoms with E-state index in [2.05, 4.69) is 26.8 Å². The van der Waals surface area contributed by atoms with E-state index in [1.54, 1.807) is 6.92 Å². The summed E-state index contributed by atoms with van der Waals surface area (Å²) in [7, 11) is 0. The Kier molecular flexibility index (Phi) is 11.5. The highest BCUT2D eigenvalue weighted by molar-refractivity contribution is 5.79. The third kappa shape index (κ3) is 6.10. The molecule has 57 heavy (non-hydrogen) atoms. The van der Waals surface area contributed by atoms with Gasteiger partial charge in [-0.05, 0) is 92.3 Å². The van der Waals surface area contributed by atoms with Gasteiger partial charge < -0.3 is 75.1 Å². The first-order valence-corrected chi connectivity index (χ1v) is 20.8. The van der Waals surface area contributed by atoms with Crippen molar-refractivity contribution in [2.45, 2.75) is 159 Å². The molecule has 11 N–H and O–H groups in total. The average molecular weight is 815 g/mol. The molecule has 5 aliphatic carbocycles. The quantitative estimate of drug-likeness (QED) is 0.107. The molecule has 7 aliphatic rings. The molecule has 326 valence electrons. The maximum Gasteiger partial charge on any atom is 0.315 e. The van der Waals surface area contributed by atoms with Gasteiger partial charge in [-0.3, -0.25) is 4.79 Å². The summed E-state index contributed by atoms with van der Waals surface area (Å²) in [4.78, 5) is 15.0. The topological polar surface area (TPSA) is 277 Å². The van der Waals surface area contributed by atoms with Crippen molar-refractivity contribution in [2.24, 2.45) is 50.7 Å². The van der Waals surface area contributed by atoms with E-state index in [-0.39, 0.29) is 24.2 Å². The van der Waals surface area contributed by atoms with Gasteiger partial charge in [-0.2, -0.15) is 0 Å². The number of hydrogen-bond donors (Lipinski definition) is 11. The van der Waals surface area contributed by atoms with Crippen LogP contribution in [-0.2, 0) is 23.7 Å². The van der Waals surface area contributed by atoms with E-state index in [1.165, 1.54) is 0 Å². The van der Waals surface area contributed by atoms with E-state index < -0.39 is 139 Å². The van der Waals surface area contributed by atoms with Crippen molar-refractivity contribution in [3.05, 3.63) is 11.6 Å². The second kappa shape index (κ2) is 14.9. The Labute approximate surface area is 333 Å². The van der Waals surface area contributed by atoms with Gasteiger partial charge in [0, 0.05) is 11.3 Å². The second-order valence-corrected chi connectivity index (χ2v) is 19.8. The lowest BCUT2D eigenvalue weighted by atomic mass is 9.32. The van der Waals surface area contributed by atoms with Gasteiger partial charge in [0.15, 0.2) is 12.4 Å². The molecule has 2 heterocycles. The number of esters is 1. The summed E-state index contributed by atoms with van der Waals surface area (Å²) in [5.41, 5.74) is -4.59. The molecule has 0 radical (unpaired) electrons. The summed E-state index contributed by atoms with van der Waals surface area (Å²) in [6, 6.07) is 0. The van der Waals surface area contributed by atoms with E-state index in [0.29, 0.717) is 44.9 Å². The van der Waals surface area contributed by atoms with Crippen LogP contribution in [0, 0.1) is 50.7 Å². The SMILES string of the molecule is CC1CCC2(C(=O)OC3OC(CO)C(O)C(O)C3OC3OCC(O)C(O)C3O)CCC3(C)C(=CCC4C5(C)CC(O)C(O)C(CO)(CO)C5CCC43C)C2C1(C)O. The fourth-order valence-corrected chi connectivity index (χ4v) is 13.6. The lowest BCUT2D eigenvalue weighted by Crippen LogP contribution is -2.70. The van der Waals surface area contributed by atoms with Gasteiger partial charge in [0.1, 0.15) is 36.6 Å². The Balaban J connectivity index is 1.24. The summed E-state index contributed by atoms with van der Waals surface area (Å²) in [5.74, 6) is -2.01. The largest absolute Gasteiger partial charge is 0.432 e. The van der Waals surface area contributed by atoms with Crippen LogP contribution in [0.1, 0.15) is 86.0 Å². The molecule has 0 bridgehead atoms. The Morgan fingerprint density at radius 3 is 2.16 bits per heavy atom. The predicted octanol–water partition coefficient (Wildman–Crippen LogP) is -1.16. The molecule has 0 spiro atoms. The molecule has 16 heteroatoms. The third-order valence-electron chi connectivity index (χ3n) is 17.4. The molecule has 6 fully saturated rings. The van der Waals surface area contributed by atoms with Gasteiger partial charge >= 0.3 is 5.97 Å². The van der Waals surface area contributed by atoms with Crippen LogP contribution >= 0.6 is 0 Å². The van der Waals surface area contributed by atoms with Gasteiger partial charge in [-0.1, -0.05) is 39.3 Å². The summed E-state index contributed by atoms with van der Waals surface area (Å²) >= 11 is 0. The number of hydrogen-bond acceptors (Lipinski definition) is 16. The molecule has 20 atom stereocenters. The van der Waals surface area contributed by atoms with Crippen molar-refractivity contribution in [3.63, 3.8) is 0 Å². The van der Waals surface area contributed by atoms with E-state index in [1.807, 2.05) is 6.92 Å². The highest BCUT2D eigenvalue weighted by Crippen LogP contribution is 2.76. The zero-order chi connectivity index (χ0) is 41.8. The van der Waals surface area contributed by atoms with Gasteiger partial charge in [-0.15, -0.1) is 0 Å². The van der Waals surface area contributed by atoms with E-state index in [9.17, 15) is 56.2 Å². The van der Waals surface area contributed by atoms with E-state index in [4.69, 9.17) is 18.9 Å². The van der Waals surface area contributed by atoms with Gasteiger partial charge in [-0.25, -0.2) is 0 Å². The van der Waals surface area contributed by atoms with Crippen LogP contribution in [0.4, 0.5) is 0 Å². The van der Waals surface area contributed by atoms with Crippen LogP contribution in [0.25, 0.3) is 0 Å². The van der Waals surface area contributed by atoms with Crippen LogP contribution in [0.3, 0.4) is 0 Å². The number of fused-ring (bicyclic) bond motifs is 7. The predicted molar refractivity (Wildman–Crippen MR) is 197 cm³/mol. The second-order valence-electron chi connectivity index (χ2n) is 19.8. The third-order valence-corrected chi connectivity index (χ3v) is 17.4. The minimum absolute atomic E-state index is 0.0450. The number of carbonyl (C=O) groups excluding carboxylic acids is 1. The van der Waals surface area contributed by atoms with Crippen LogP contribution in [-0.4, -0.2) is 162 Å². The zero-order valence-corrected chi connectivity index (χ0v) is 33.7. The van der Waals surface area contributed by atoms with Gasteiger partial charge in [0.05, 0.1) is 49.7 Å². The molecule has 0 amide bonds. The van der Waals surface area contributed by atoms with Crippen molar-refractivity contribution in [1.82, 2.24) is 0 Å². The van der Waals surface area contributed by atoms with Gasteiger partial charge in [0.25, 0.3) is 0 Å². The highest BCUT2D eigenvalue weighted by atomic mass is 16.8. The van der Waals surface area contributed by atoms with Crippen molar-refractivity contribution >= 4 is 5.97 Å². The lowest BCUT2D eigenvalue weighted by molar-refractivity contribution is -0.353. The maximum atomic E-state index is 15.0. The summed E-state index contributed by atoms with van der Waals surface area (Å²) in [6.45, 7) is 8.15. The molecule has 0 aromatic heterocycles. The van der Waals surface area contributed by atoms with Crippen molar-refractivity contribution in [1.29, 1.82) is 0 Å². The molecule has 2 saturated heterocycles. The minimum atomic E-state index is -1.81. The molecular weight excluding hydrogens is 748 g/mol. The van der Waals surface area contributed by atoms with Gasteiger partial charge in [0.2, 0.25) is 6.29 Å². The number of allylic oxidation sites excluding steroid dienone is 1. The number of carbonyl (C=O) groups is 1. The Hall–Kier alpha value is -1.35. The normalized spacial score (nSPS) is 54.7. The average Bonchev–Trinajstić information content (AvgIpc) is 3.17. The van der Waals surface area contributed by atoms with Crippen molar-refractivity contribution in [3.8, 4) is 0 Å². The number of aliphatic hydroxyl groups excluding tert-OH is 10. The van der Waals surface area contributed by atoms with Crippen LogP contribution in [0.5, 0.6) is 0 Å². The molecule has 16 nitrogen and oxygen atoms in total. The standard InChI is InChI=1S/C41H66O16/c1-19-8-11-40(35(52)57-34-30(28(49)27(48)23(15-42)55-34)56-33-29(50)26(47)22(46)16-54-33)13-12-37(3)20(31(40)39(19,5)53)6-7-24-36(2)14-21(45)32(51)41(17-43,18-44)25(36)9-10-38(24,37)4/h6,19,21-34,42-51,53H,7-18H2,1-5H3. The molecular formula is C41H66O16. The molecule has 0 aromatic carbocycles. The van der Waals surface area contributed by atoms with E-state index >= 15 is 4.79 Å².